The molecule has 0 aliphatic carbocycles. The second kappa shape index (κ2) is 9.28. The van der Waals surface area contributed by atoms with Crippen molar-refractivity contribution in [1.82, 2.24) is 20.2 Å². The summed E-state index contributed by atoms with van der Waals surface area (Å²) in [5.41, 5.74) is 1.01. The fraction of sp³-hybridized carbons (Fsp3) is 0.357. The van der Waals surface area contributed by atoms with Crippen molar-refractivity contribution in [2.24, 2.45) is 0 Å². The number of hydrogen-bond donors (Lipinski definition) is 2. The number of rotatable bonds is 4. The van der Waals surface area contributed by atoms with Gasteiger partial charge in [0.25, 0.3) is 0 Å². The zero-order valence-corrected chi connectivity index (χ0v) is 21.9. The van der Waals surface area contributed by atoms with Gasteiger partial charge in [0.15, 0.2) is 5.82 Å². The summed E-state index contributed by atoms with van der Waals surface area (Å²) in [5.74, 6) is 0.781. The molecule has 0 spiro atoms. The van der Waals surface area contributed by atoms with E-state index in [2.05, 4.69) is 41.0 Å². The van der Waals surface area contributed by atoms with Crippen LogP contribution in [0.3, 0.4) is 0 Å². The van der Waals surface area contributed by atoms with Crippen molar-refractivity contribution >= 4 is 45.0 Å². The molecule has 3 heterocycles. The number of hydrogen-bond acceptors (Lipinski definition) is 7. The fourth-order valence-electron chi connectivity index (χ4n) is 5.37. The predicted octanol–water partition coefficient (Wildman–Crippen LogP) is 4.50. The number of phenolic OH excluding ortho intramolecular Hbond substituents is 1. The van der Waals surface area contributed by atoms with E-state index >= 15 is 4.39 Å². The summed E-state index contributed by atoms with van der Waals surface area (Å²) >= 11 is 6.81. The number of piperazine rings is 1. The van der Waals surface area contributed by atoms with Gasteiger partial charge in [0.05, 0.1) is 5.02 Å². The molecule has 3 aromatic carbocycles. The van der Waals surface area contributed by atoms with E-state index in [0.29, 0.717) is 28.8 Å². The van der Waals surface area contributed by atoms with Gasteiger partial charge in [0.2, 0.25) is 5.95 Å². The van der Waals surface area contributed by atoms with Crippen molar-refractivity contribution in [1.29, 1.82) is 0 Å². The second-order valence-electron chi connectivity index (χ2n) is 10.3. The number of fused-ring (bicyclic) bond motifs is 2. The van der Waals surface area contributed by atoms with E-state index in [9.17, 15) is 5.11 Å². The highest BCUT2D eigenvalue weighted by Crippen LogP contribution is 2.42. The van der Waals surface area contributed by atoms with Gasteiger partial charge < -0.3 is 25.1 Å². The van der Waals surface area contributed by atoms with Crippen LogP contribution >= 0.6 is 11.6 Å². The first-order valence-electron chi connectivity index (χ1n) is 12.6. The molecule has 2 saturated heterocycles. The van der Waals surface area contributed by atoms with Crippen LogP contribution in [-0.2, 0) is 0 Å². The number of benzene rings is 3. The smallest absolute Gasteiger partial charge is 0.228 e. The summed E-state index contributed by atoms with van der Waals surface area (Å²) < 4.78 is 16.6. The standard InChI is InChI=1S/C28H30ClFN6O/c1-16-13-35(9-8-31-16)27-22-12-23(29)24(21-11-19(37)10-17-6-4-5-7-20(17)21)25(30)26(22)32-28(33-27)36-14-18(15-36)34(2)3/h4-7,10-12,16,18,31,37H,8-9,13-15H2,1-3H3/t16-/m0/s1. The third kappa shape index (κ3) is 4.23. The number of aromatic hydroxyl groups is 1. The molecule has 1 atom stereocenters. The van der Waals surface area contributed by atoms with Crippen LogP contribution in [0.1, 0.15) is 6.92 Å². The number of nitrogens with zero attached hydrogens (tertiary/aromatic N) is 5. The Morgan fingerprint density at radius 2 is 1.84 bits per heavy atom. The Morgan fingerprint density at radius 1 is 1.05 bits per heavy atom. The molecule has 0 unspecified atom stereocenters. The van der Waals surface area contributed by atoms with Crippen molar-refractivity contribution in [2.75, 3.05) is 56.6 Å². The Labute approximate surface area is 220 Å². The Balaban J connectivity index is 1.57. The summed E-state index contributed by atoms with van der Waals surface area (Å²) in [6.07, 6.45) is 0. The summed E-state index contributed by atoms with van der Waals surface area (Å²) in [5, 5.41) is 16.4. The lowest BCUT2D eigenvalue weighted by molar-refractivity contribution is 0.245. The predicted molar refractivity (Wildman–Crippen MR) is 148 cm³/mol. The van der Waals surface area contributed by atoms with Crippen LogP contribution in [0.2, 0.25) is 5.02 Å². The first-order chi connectivity index (χ1) is 17.8. The minimum atomic E-state index is -0.504. The van der Waals surface area contributed by atoms with E-state index in [0.717, 1.165) is 43.5 Å². The maximum Gasteiger partial charge on any atom is 0.228 e. The van der Waals surface area contributed by atoms with E-state index in [1.54, 1.807) is 18.2 Å². The molecule has 192 valence electrons. The molecule has 2 aliphatic heterocycles. The first kappa shape index (κ1) is 24.2. The van der Waals surface area contributed by atoms with Crippen LogP contribution in [-0.4, -0.2) is 78.9 Å². The zero-order chi connectivity index (χ0) is 25.8. The van der Waals surface area contributed by atoms with Gasteiger partial charge in [0, 0.05) is 55.8 Å². The van der Waals surface area contributed by atoms with Gasteiger partial charge in [-0.1, -0.05) is 35.9 Å². The minimum Gasteiger partial charge on any atom is -0.508 e. The number of anilines is 2. The molecule has 7 nitrogen and oxygen atoms in total. The van der Waals surface area contributed by atoms with E-state index in [1.807, 2.05) is 24.3 Å². The van der Waals surface area contributed by atoms with Crippen LogP contribution in [0.15, 0.2) is 42.5 Å². The van der Waals surface area contributed by atoms with Crippen molar-refractivity contribution in [3.8, 4) is 16.9 Å². The first-order valence-corrected chi connectivity index (χ1v) is 13.0. The largest absolute Gasteiger partial charge is 0.508 e. The van der Waals surface area contributed by atoms with E-state index in [-0.39, 0.29) is 27.9 Å². The zero-order valence-electron chi connectivity index (χ0n) is 21.2. The van der Waals surface area contributed by atoms with Crippen molar-refractivity contribution in [3.63, 3.8) is 0 Å². The molecule has 0 bridgehead atoms. The highest BCUT2D eigenvalue weighted by molar-refractivity contribution is 6.35. The molecule has 2 N–H and O–H groups in total. The number of likely N-dealkylation sites (N-methyl/N-ethyl adjacent to an activating group) is 1. The Hall–Kier alpha value is -3.20. The average Bonchev–Trinajstić information content (AvgIpc) is 2.83. The lowest BCUT2D eigenvalue weighted by Gasteiger charge is -2.43. The van der Waals surface area contributed by atoms with Crippen molar-refractivity contribution < 1.29 is 9.50 Å². The Kier molecular flexibility index (Phi) is 6.06. The number of aromatic nitrogens is 2. The topological polar surface area (TPSA) is 67.8 Å². The maximum atomic E-state index is 16.6. The second-order valence-corrected chi connectivity index (χ2v) is 10.7. The lowest BCUT2D eigenvalue weighted by Crippen LogP contribution is -2.58. The molecule has 2 fully saturated rings. The molecule has 6 rings (SSSR count). The average molecular weight is 521 g/mol. The van der Waals surface area contributed by atoms with Gasteiger partial charge >= 0.3 is 0 Å². The lowest BCUT2D eigenvalue weighted by atomic mass is 9.96. The number of phenols is 1. The van der Waals surface area contributed by atoms with Crippen LogP contribution < -0.4 is 15.1 Å². The molecule has 4 aromatic rings. The minimum absolute atomic E-state index is 0.0541. The molecular formula is C28H30ClFN6O. The van der Waals surface area contributed by atoms with Crippen LogP contribution in [0.4, 0.5) is 16.2 Å². The number of nitrogens with one attached hydrogen (secondary N) is 1. The van der Waals surface area contributed by atoms with E-state index in [1.165, 1.54) is 0 Å². The molecule has 9 heteroatoms. The normalized spacial score (nSPS) is 18.7. The fourth-order valence-corrected chi connectivity index (χ4v) is 5.66. The van der Waals surface area contributed by atoms with Crippen LogP contribution in [0.25, 0.3) is 32.8 Å². The van der Waals surface area contributed by atoms with Crippen molar-refractivity contribution in [2.45, 2.75) is 19.0 Å². The number of halogens is 2. The monoisotopic (exact) mass is 520 g/mol. The highest BCUT2D eigenvalue weighted by atomic mass is 35.5. The summed E-state index contributed by atoms with van der Waals surface area (Å²) in [7, 11) is 4.12. The van der Waals surface area contributed by atoms with Gasteiger partial charge in [-0.2, -0.15) is 4.98 Å². The highest BCUT2D eigenvalue weighted by Gasteiger charge is 2.32. The van der Waals surface area contributed by atoms with Gasteiger partial charge in [-0.15, -0.1) is 0 Å². The van der Waals surface area contributed by atoms with Gasteiger partial charge in [0.1, 0.15) is 17.1 Å². The van der Waals surface area contributed by atoms with Gasteiger partial charge in [-0.05, 0) is 55.6 Å². The van der Waals surface area contributed by atoms with Crippen LogP contribution in [0.5, 0.6) is 5.75 Å². The van der Waals surface area contributed by atoms with Gasteiger partial charge in [-0.25, -0.2) is 9.37 Å². The third-order valence-corrected chi connectivity index (χ3v) is 7.81. The molecule has 0 saturated carbocycles. The molecule has 2 aliphatic rings. The van der Waals surface area contributed by atoms with E-state index < -0.39 is 5.82 Å². The Morgan fingerprint density at radius 3 is 2.59 bits per heavy atom. The maximum absolute atomic E-state index is 16.6. The summed E-state index contributed by atoms with van der Waals surface area (Å²) in [4.78, 5) is 16.2. The van der Waals surface area contributed by atoms with Crippen LogP contribution in [0, 0.1) is 5.82 Å². The molecule has 0 amide bonds. The Bertz CT molecular complexity index is 1510. The molecule has 1 aromatic heterocycles. The quantitative estimate of drug-likeness (QED) is 0.411. The van der Waals surface area contributed by atoms with E-state index in [4.69, 9.17) is 21.6 Å². The molecule has 37 heavy (non-hydrogen) atoms. The SMILES string of the molecule is C[C@H]1CN(c2nc(N3CC(N(C)C)C3)nc3c(F)c(-c4cc(O)cc5ccccc45)c(Cl)cc23)CCN1. The molecule has 0 radical (unpaired) electrons. The van der Waals surface area contributed by atoms with Gasteiger partial charge in [-0.3, -0.25) is 0 Å². The van der Waals surface area contributed by atoms with Crippen molar-refractivity contribution in [3.05, 3.63) is 53.3 Å². The third-order valence-electron chi connectivity index (χ3n) is 7.51. The molecular weight excluding hydrogens is 491 g/mol. The summed E-state index contributed by atoms with van der Waals surface area (Å²) in [6, 6.07) is 13.3. The summed E-state index contributed by atoms with van der Waals surface area (Å²) in [6.45, 7) is 6.03.